The fraction of sp³-hybridized carbons (Fsp3) is 0.217. The van der Waals surface area contributed by atoms with Gasteiger partial charge in [0.2, 0.25) is 0 Å². The highest BCUT2D eigenvalue weighted by Crippen LogP contribution is 2.41. The number of likely N-dealkylation sites (N-methyl/N-ethyl adjacent to an activating group) is 1. The van der Waals surface area contributed by atoms with Crippen LogP contribution in [0.2, 0.25) is 0 Å². The molecule has 0 saturated carbocycles. The van der Waals surface area contributed by atoms with Gasteiger partial charge in [0.05, 0.1) is 12.2 Å². The van der Waals surface area contributed by atoms with Gasteiger partial charge in [0.25, 0.3) is 5.03 Å². The van der Waals surface area contributed by atoms with Crippen LogP contribution in [0.5, 0.6) is 11.5 Å². The predicted octanol–water partition coefficient (Wildman–Crippen LogP) is 3.71. The molecule has 0 bridgehead atoms. The van der Waals surface area contributed by atoms with Crippen molar-refractivity contribution in [3.8, 4) is 11.5 Å². The number of phenolic OH excluding ortho intramolecular Hbond substituents is 1. The zero-order valence-electron chi connectivity index (χ0n) is 16.6. The molecule has 1 aromatic heterocycles. The van der Waals surface area contributed by atoms with Crippen molar-refractivity contribution < 1.29 is 14.4 Å². The summed E-state index contributed by atoms with van der Waals surface area (Å²) in [6.45, 7) is 2.01. The van der Waals surface area contributed by atoms with E-state index < -0.39 is 11.4 Å². The topological polar surface area (TPSA) is 83.6 Å². The summed E-state index contributed by atoms with van der Waals surface area (Å²) >= 11 is -1.40. The molecule has 2 heterocycles. The molecule has 5 rings (SSSR count). The summed E-state index contributed by atoms with van der Waals surface area (Å²) in [5, 5.41) is 17.0. The highest BCUT2D eigenvalue weighted by atomic mass is 32.2. The van der Waals surface area contributed by atoms with Crippen LogP contribution < -0.4 is 14.4 Å². The molecule has 0 spiro atoms. The van der Waals surface area contributed by atoms with Gasteiger partial charge in [-0.1, -0.05) is 24.3 Å². The molecule has 3 N–H and O–H groups in total. The molecule has 3 aromatic carbocycles. The molecule has 1 aliphatic heterocycles. The van der Waals surface area contributed by atoms with E-state index in [9.17, 15) is 9.66 Å². The minimum absolute atomic E-state index is 0.216. The van der Waals surface area contributed by atoms with Gasteiger partial charge in [-0.05, 0) is 42.6 Å². The van der Waals surface area contributed by atoms with Crippen LogP contribution in [0, 0.1) is 0 Å². The fourth-order valence-electron chi connectivity index (χ4n) is 4.05. The second-order valence-electron chi connectivity index (χ2n) is 7.37. The van der Waals surface area contributed by atoms with Crippen LogP contribution in [0.25, 0.3) is 21.7 Å². The van der Waals surface area contributed by atoms with Gasteiger partial charge < -0.3 is 24.7 Å². The van der Waals surface area contributed by atoms with Crippen LogP contribution in [0.1, 0.15) is 5.56 Å². The molecular formula is C23H23N3O3S. The van der Waals surface area contributed by atoms with Gasteiger partial charge in [0.1, 0.15) is 29.5 Å². The van der Waals surface area contributed by atoms with Crippen LogP contribution in [0.3, 0.4) is 0 Å². The monoisotopic (exact) mass is 421 g/mol. The van der Waals surface area contributed by atoms with Crippen molar-refractivity contribution in [1.29, 1.82) is 0 Å². The Morgan fingerprint density at radius 2 is 2.00 bits per heavy atom. The second-order valence-corrected chi connectivity index (χ2v) is 8.75. The number of nitrogens with zero attached hydrogens (tertiary/aromatic N) is 1. The number of nitrogens with one attached hydrogen (secondary N) is 2. The quantitative estimate of drug-likeness (QED) is 0.327. The maximum Gasteiger partial charge on any atom is 0.251 e. The van der Waals surface area contributed by atoms with Gasteiger partial charge in [-0.15, -0.1) is 0 Å². The Hall–Kier alpha value is -2.87. The van der Waals surface area contributed by atoms with E-state index in [2.05, 4.69) is 10.3 Å². The summed E-state index contributed by atoms with van der Waals surface area (Å²) in [6.07, 6.45) is 0.797. The maximum atomic E-state index is 13.4. The smallest absolute Gasteiger partial charge is 0.251 e. The number of benzene rings is 3. The number of fused-ring (bicyclic) bond motifs is 4. The number of aromatic hydroxyl groups is 1. The lowest BCUT2D eigenvalue weighted by molar-refractivity contribution is 0.319. The van der Waals surface area contributed by atoms with Gasteiger partial charge in [-0.3, -0.25) is 0 Å². The minimum atomic E-state index is -1.40. The van der Waals surface area contributed by atoms with E-state index in [1.165, 1.54) is 0 Å². The Balaban J connectivity index is 1.46. The second kappa shape index (κ2) is 7.75. The first kappa shape index (κ1) is 19.1. The third kappa shape index (κ3) is 3.25. The molecule has 0 amide bonds. The summed E-state index contributed by atoms with van der Waals surface area (Å²) in [5.74, 6) is 1.00. The molecule has 1 atom stereocenters. The van der Waals surface area contributed by atoms with Gasteiger partial charge in [0, 0.05) is 35.0 Å². The molecule has 0 aliphatic carbocycles. The summed E-state index contributed by atoms with van der Waals surface area (Å²) in [4.78, 5) is 3.28. The van der Waals surface area contributed by atoms with Crippen molar-refractivity contribution >= 4 is 38.7 Å². The van der Waals surface area contributed by atoms with E-state index in [1.54, 1.807) is 6.07 Å². The number of aromatic nitrogens is 1. The van der Waals surface area contributed by atoms with Gasteiger partial charge in [-0.25, -0.2) is 0 Å². The summed E-state index contributed by atoms with van der Waals surface area (Å²) in [5.41, 5.74) is 2.88. The van der Waals surface area contributed by atoms with Crippen molar-refractivity contribution in [2.24, 2.45) is 0 Å². The number of aromatic amines is 1. The SMILES string of the molecule is CNCCOc1ccc2[nH]c([S+]([O-])N3CCc4c3cc(O)c3ccccc43)cc2c1. The van der Waals surface area contributed by atoms with Crippen molar-refractivity contribution in [1.82, 2.24) is 10.3 Å². The standard InChI is InChI=1S/C23H23N3O3S/c1-24-9-11-29-16-6-7-20-15(12-16)13-23(25-20)30(28)26-10-8-18-17-4-2-3-5-19(17)22(27)14-21(18)26/h2-7,12-14,24-25,27H,8-11H2,1H3. The Morgan fingerprint density at radius 1 is 1.17 bits per heavy atom. The third-order valence-electron chi connectivity index (χ3n) is 5.52. The first-order valence-electron chi connectivity index (χ1n) is 9.99. The highest BCUT2D eigenvalue weighted by Gasteiger charge is 2.33. The molecular weight excluding hydrogens is 398 g/mol. The Morgan fingerprint density at radius 3 is 2.83 bits per heavy atom. The Labute approximate surface area is 177 Å². The van der Waals surface area contributed by atoms with Crippen LogP contribution in [-0.4, -0.2) is 41.4 Å². The number of anilines is 1. The molecule has 0 fully saturated rings. The molecule has 154 valence electrons. The number of hydrogen-bond donors (Lipinski definition) is 3. The molecule has 30 heavy (non-hydrogen) atoms. The molecule has 7 heteroatoms. The first-order valence-corrected chi connectivity index (χ1v) is 11.1. The van der Waals surface area contributed by atoms with Crippen LogP contribution in [-0.2, 0) is 17.8 Å². The lowest BCUT2D eigenvalue weighted by Crippen LogP contribution is -2.29. The van der Waals surface area contributed by atoms with Crippen molar-refractivity contribution in [3.05, 3.63) is 60.2 Å². The molecule has 0 radical (unpaired) electrons. The van der Waals surface area contributed by atoms with Gasteiger partial charge in [0.15, 0.2) is 0 Å². The van der Waals surface area contributed by atoms with Crippen LogP contribution in [0.4, 0.5) is 5.69 Å². The predicted molar refractivity (Wildman–Crippen MR) is 121 cm³/mol. The zero-order valence-corrected chi connectivity index (χ0v) is 17.5. The molecule has 4 aromatic rings. The van der Waals surface area contributed by atoms with Gasteiger partial charge >= 0.3 is 0 Å². The van der Waals surface area contributed by atoms with Crippen molar-refractivity contribution in [3.63, 3.8) is 0 Å². The first-order chi connectivity index (χ1) is 14.7. The van der Waals surface area contributed by atoms with Gasteiger partial charge in [-0.2, -0.15) is 4.31 Å². The number of hydrogen-bond acceptors (Lipinski definition) is 5. The van der Waals surface area contributed by atoms with E-state index in [1.807, 2.05) is 59.9 Å². The lowest BCUT2D eigenvalue weighted by atomic mass is 10.0. The number of H-pyrrole nitrogens is 1. The number of phenols is 1. The van der Waals surface area contributed by atoms with E-state index >= 15 is 0 Å². The van der Waals surface area contributed by atoms with E-state index in [-0.39, 0.29) is 5.75 Å². The highest BCUT2D eigenvalue weighted by molar-refractivity contribution is 7.92. The molecule has 1 aliphatic rings. The fourth-order valence-corrected chi connectivity index (χ4v) is 5.31. The Bertz CT molecular complexity index is 1220. The normalized spacial score (nSPS) is 14.4. The summed E-state index contributed by atoms with van der Waals surface area (Å²) in [7, 11) is 1.89. The summed E-state index contributed by atoms with van der Waals surface area (Å²) in [6, 6.07) is 17.3. The summed E-state index contributed by atoms with van der Waals surface area (Å²) < 4.78 is 21.0. The minimum Gasteiger partial charge on any atom is -0.586 e. The average molecular weight is 422 g/mol. The van der Waals surface area contributed by atoms with E-state index in [0.717, 1.165) is 51.6 Å². The van der Waals surface area contributed by atoms with E-state index in [4.69, 9.17) is 4.74 Å². The van der Waals surface area contributed by atoms with Crippen molar-refractivity contribution in [2.75, 3.05) is 31.0 Å². The molecule has 0 saturated heterocycles. The lowest BCUT2D eigenvalue weighted by Gasteiger charge is -2.21. The largest absolute Gasteiger partial charge is 0.586 e. The van der Waals surface area contributed by atoms with Crippen LogP contribution >= 0.6 is 0 Å². The zero-order chi connectivity index (χ0) is 20.7. The average Bonchev–Trinajstić information content (AvgIpc) is 3.38. The maximum absolute atomic E-state index is 13.4. The third-order valence-corrected chi connectivity index (χ3v) is 6.90. The van der Waals surface area contributed by atoms with Crippen molar-refractivity contribution in [2.45, 2.75) is 11.4 Å². The molecule has 6 nitrogen and oxygen atoms in total. The Kier molecular flexibility index (Phi) is 4.94. The number of ether oxygens (including phenoxy) is 1. The number of rotatable bonds is 6. The molecule has 1 unspecified atom stereocenters. The van der Waals surface area contributed by atoms with Crippen LogP contribution in [0.15, 0.2) is 59.6 Å². The van der Waals surface area contributed by atoms with E-state index in [0.29, 0.717) is 18.2 Å².